The van der Waals surface area contributed by atoms with Crippen molar-refractivity contribution in [3.8, 4) is 5.75 Å². The summed E-state index contributed by atoms with van der Waals surface area (Å²) in [5.74, 6) is -0.841. The molecule has 118 valence electrons. The lowest BCUT2D eigenvalue weighted by Crippen LogP contribution is -2.28. The van der Waals surface area contributed by atoms with Gasteiger partial charge in [-0.1, -0.05) is 42.5 Å². The summed E-state index contributed by atoms with van der Waals surface area (Å²) in [4.78, 5) is 22.4. The van der Waals surface area contributed by atoms with Crippen LogP contribution in [0.5, 0.6) is 5.75 Å². The van der Waals surface area contributed by atoms with Crippen molar-refractivity contribution < 1.29 is 23.9 Å². The molecule has 1 heterocycles. The van der Waals surface area contributed by atoms with Crippen molar-refractivity contribution in [2.75, 3.05) is 6.61 Å². The lowest BCUT2D eigenvalue weighted by atomic mass is 10.2. The van der Waals surface area contributed by atoms with Crippen LogP contribution in [-0.4, -0.2) is 23.6 Å². The average molecular weight is 315 g/mol. The van der Waals surface area contributed by atoms with Gasteiger partial charge in [-0.05, 0) is 6.07 Å². The van der Waals surface area contributed by atoms with Gasteiger partial charge in [0.2, 0.25) is 5.75 Å². The minimum atomic E-state index is -0.931. The number of hydrogen-bond acceptors (Lipinski definition) is 6. The van der Waals surface area contributed by atoms with Crippen molar-refractivity contribution in [2.45, 2.75) is 12.4 Å². The first-order chi connectivity index (χ1) is 11.1. The fraction of sp³-hybridized carbons (Fsp3) is 0.188. The number of esters is 1. The number of ether oxygens (including phenoxy) is 3. The van der Waals surface area contributed by atoms with Crippen LogP contribution < -0.4 is 4.74 Å². The number of para-hydroxylation sites is 2. The number of nitro groups is 1. The predicted molar refractivity (Wildman–Crippen MR) is 78.7 cm³/mol. The van der Waals surface area contributed by atoms with E-state index in [1.165, 1.54) is 18.2 Å². The Balaban J connectivity index is 1.67. The molecule has 2 atom stereocenters. The molecule has 3 rings (SSSR count). The molecule has 23 heavy (non-hydrogen) atoms. The topological polar surface area (TPSA) is 87.9 Å². The molecule has 1 saturated heterocycles. The normalized spacial score (nSPS) is 20.2. The van der Waals surface area contributed by atoms with Crippen molar-refractivity contribution >= 4 is 11.7 Å². The zero-order valence-electron chi connectivity index (χ0n) is 12.0. The third-order valence-electron chi connectivity index (χ3n) is 3.29. The molecule has 1 aliphatic heterocycles. The average Bonchev–Trinajstić information content (AvgIpc) is 3.06. The summed E-state index contributed by atoms with van der Waals surface area (Å²) in [6, 6.07) is 14.8. The fourth-order valence-corrected chi connectivity index (χ4v) is 2.18. The predicted octanol–water partition coefficient (Wildman–Crippen LogP) is 2.61. The Bertz CT molecular complexity index is 718. The first-order valence-corrected chi connectivity index (χ1v) is 6.92. The SMILES string of the molecule is O=C(Oc1ccccc1[N+](=O)[O-])C1COC(c2ccccc2)O1. The number of nitro benzene ring substituents is 1. The highest BCUT2D eigenvalue weighted by Crippen LogP contribution is 2.30. The van der Waals surface area contributed by atoms with Crippen LogP contribution in [0.1, 0.15) is 11.9 Å². The van der Waals surface area contributed by atoms with Crippen molar-refractivity contribution in [1.82, 2.24) is 0 Å². The molecule has 0 bridgehead atoms. The highest BCUT2D eigenvalue weighted by Gasteiger charge is 2.34. The van der Waals surface area contributed by atoms with Crippen molar-refractivity contribution in [3.63, 3.8) is 0 Å². The van der Waals surface area contributed by atoms with Crippen LogP contribution in [0.2, 0.25) is 0 Å². The van der Waals surface area contributed by atoms with Crippen molar-refractivity contribution in [1.29, 1.82) is 0 Å². The molecular formula is C16H13NO6. The van der Waals surface area contributed by atoms with Gasteiger partial charge in [-0.15, -0.1) is 0 Å². The maximum Gasteiger partial charge on any atom is 0.343 e. The third kappa shape index (κ3) is 3.36. The van der Waals surface area contributed by atoms with Gasteiger partial charge in [0.05, 0.1) is 11.5 Å². The van der Waals surface area contributed by atoms with E-state index in [-0.39, 0.29) is 18.0 Å². The molecule has 0 aromatic heterocycles. The molecule has 0 aliphatic carbocycles. The first-order valence-electron chi connectivity index (χ1n) is 6.92. The Morgan fingerprint density at radius 2 is 1.83 bits per heavy atom. The van der Waals surface area contributed by atoms with E-state index in [2.05, 4.69) is 0 Å². The number of carbonyl (C=O) groups is 1. The van der Waals surface area contributed by atoms with E-state index < -0.39 is 23.3 Å². The summed E-state index contributed by atoms with van der Waals surface area (Å²) in [5.41, 5.74) is 0.507. The van der Waals surface area contributed by atoms with Crippen LogP contribution in [0.3, 0.4) is 0 Å². The second kappa shape index (κ2) is 6.55. The van der Waals surface area contributed by atoms with E-state index in [1.807, 2.05) is 30.3 Å². The van der Waals surface area contributed by atoms with Crippen LogP contribution in [0.25, 0.3) is 0 Å². The Kier molecular flexibility index (Phi) is 4.31. The number of benzene rings is 2. The van der Waals surface area contributed by atoms with Gasteiger partial charge in [0.15, 0.2) is 12.4 Å². The summed E-state index contributed by atoms with van der Waals surface area (Å²) in [6.45, 7) is 0.0268. The van der Waals surface area contributed by atoms with Crippen LogP contribution in [-0.2, 0) is 14.3 Å². The van der Waals surface area contributed by atoms with Gasteiger partial charge in [-0.2, -0.15) is 0 Å². The van der Waals surface area contributed by atoms with Gasteiger partial charge in [0.1, 0.15) is 0 Å². The van der Waals surface area contributed by atoms with Crippen molar-refractivity contribution in [3.05, 3.63) is 70.3 Å². The van der Waals surface area contributed by atoms with E-state index in [9.17, 15) is 14.9 Å². The monoisotopic (exact) mass is 315 g/mol. The van der Waals surface area contributed by atoms with Gasteiger partial charge in [0, 0.05) is 11.6 Å². The number of nitrogens with zero attached hydrogens (tertiary/aromatic N) is 1. The summed E-state index contributed by atoms with van der Waals surface area (Å²) in [5, 5.41) is 10.9. The zero-order valence-corrected chi connectivity index (χ0v) is 12.0. The molecule has 2 unspecified atom stereocenters. The van der Waals surface area contributed by atoms with E-state index >= 15 is 0 Å². The second-order valence-electron chi connectivity index (χ2n) is 4.85. The van der Waals surface area contributed by atoms with Crippen LogP contribution in [0.4, 0.5) is 5.69 Å². The maximum atomic E-state index is 12.1. The molecule has 0 amide bonds. The summed E-state index contributed by atoms with van der Waals surface area (Å²) in [7, 11) is 0. The van der Waals surface area contributed by atoms with E-state index in [0.717, 1.165) is 5.56 Å². The molecule has 7 heteroatoms. The largest absolute Gasteiger partial charge is 0.417 e. The summed E-state index contributed by atoms with van der Waals surface area (Å²) < 4.78 is 16.0. The highest BCUT2D eigenvalue weighted by molar-refractivity contribution is 5.78. The standard InChI is InChI=1S/C16H13NO6/c18-15(22-13-9-5-4-8-12(13)17(19)20)14-10-21-16(23-14)11-6-2-1-3-7-11/h1-9,14,16H,10H2. The van der Waals surface area contributed by atoms with Gasteiger partial charge in [-0.3, -0.25) is 10.1 Å². The Morgan fingerprint density at radius 3 is 2.57 bits per heavy atom. The molecule has 0 saturated carbocycles. The minimum absolute atomic E-state index is 0.0268. The molecular weight excluding hydrogens is 302 g/mol. The molecule has 0 spiro atoms. The minimum Gasteiger partial charge on any atom is -0.417 e. The summed E-state index contributed by atoms with van der Waals surface area (Å²) >= 11 is 0. The molecule has 0 N–H and O–H groups in total. The fourth-order valence-electron chi connectivity index (χ4n) is 2.18. The van der Waals surface area contributed by atoms with Crippen molar-refractivity contribution in [2.24, 2.45) is 0 Å². The second-order valence-corrected chi connectivity index (χ2v) is 4.85. The molecule has 7 nitrogen and oxygen atoms in total. The van der Waals surface area contributed by atoms with Crippen LogP contribution in [0, 0.1) is 10.1 Å². The number of hydrogen-bond donors (Lipinski definition) is 0. The van der Waals surface area contributed by atoms with Crippen LogP contribution in [0.15, 0.2) is 54.6 Å². The number of rotatable bonds is 4. The molecule has 0 radical (unpaired) electrons. The van der Waals surface area contributed by atoms with E-state index in [0.29, 0.717) is 0 Å². The van der Waals surface area contributed by atoms with E-state index in [4.69, 9.17) is 14.2 Å². The highest BCUT2D eigenvalue weighted by atomic mass is 16.7. The van der Waals surface area contributed by atoms with E-state index in [1.54, 1.807) is 6.07 Å². The smallest absolute Gasteiger partial charge is 0.343 e. The van der Waals surface area contributed by atoms with Gasteiger partial charge in [0.25, 0.3) is 0 Å². The Hall–Kier alpha value is -2.77. The molecule has 1 aliphatic rings. The van der Waals surface area contributed by atoms with Gasteiger partial charge >= 0.3 is 11.7 Å². The third-order valence-corrected chi connectivity index (χ3v) is 3.29. The van der Waals surface area contributed by atoms with Gasteiger partial charge in [-0.25, -0.2) is 4.79 Å². The maximum absolute atomic E-state index is 12.1. The zero-order chi connectivity index (χ0) is 16.2. The lowest BCUT2D eigenvalue weighted by Gasteiger charge is -2.11. The quantitative estimate of drug-likeness (QED) is 0.373. The van der Waals surface area contributed by atoms with Gasteiger partial charge < -0.3 is 14.2 Å². The number of carbonyl (C=O) groups excluding carboxylic acids is 1. The lowest BCUT2D eigenvalue weighted by molar-refractivity contribution is -0.385. The molecule has 2 aromatic carbocycles. The van der Waals surface area contributed by atoms with Crippen LogP contribution >= 0.6 is 0 Å². The summed E-state index contributed by atoms with van der Waals surface area (Å²) in [6.07, 6.45) is -1.58. The Morgan fingerprint density at radius 1 is 1.13 bits per heavy atom. The first kappa shape index (κ1) is 15.1. The Labute approximate surface area is 131 Å². The molecule has 1 fully saturated rings. The molecule has 2 aromatic rings.